The van der Waals surface area contributed by atoms with E-state index < -0.39 is 0 Å². The lowest BCUT2D eigenvalue weighted by atomic mass is 9.96. The monoisotopic (exact) mass is 591 g/mol. The van der Waals surface area contributed by atoms with E-state index >= 15 is 0 Å². The molecule has 6 nitrogen and oxygen atoms in total. The van der Waals surface area contributed by atoms with Crippen molar-refractivity contribution in [2.75, 3.05) is 44.2 Å². The van der Waals surface area contributed by atoms with Crippen molar-refractivity contribution in [1.29, 1.82) is 0 Å². The van der Waals surface area contributed by atoms with Gasteiger partial charge in [-0.2, -0.15) is 0 Å². The molecular formula is C30H31BrClN5O. The molecule has 8 heteroatoms. The maximum Gasteiger partial charge on any atom is 0.227 e. The fourth-order valence-corrected chi connectivity index (χ4v) is 6.15. The van der Waals surface area contributed by atoms with Crippen molar-refractivity contribution >= 4 is 50.2 Å². The minimum absolute atomic E-state index is 0.0383. The van der Waals surface area contributed by atoms with Gasteiger partial charge in [-0.3, -0.25) is 14.3 Å². The van der Waals surface area contributed by atoms with Crippen LogP contribution >= 0.6 is 27.5 Å². The molecular weight excluding hydrogens is 562 g/mol. The Morgan fingerprint density at radius 1 is 0.895 bits per heavy atom. The van der Waals surface area contributed by atoms with E-state index in [0.717, 1.165) is 90.7 Å². The summed E-state index contributed by atoms with van der Waals surface area (Å²) >= 11 is 9.60. The van der Waals surface area contributed by atoms with E-state index in [2.05, 4.69) is 89.8 Å². The van der Waals surface area contributed by atoms with Gasteiger partial charge in [-0.25, -0.2) is 4.98 Å². The predicted octanol–water partition coefficient (Wildman–Crippen LogP) is 6.00. The number of aromatic nitrogens is 2. The second-order valence-corrected chi connectivity index (χ2v) is 11.5. The van der Waals surface area contributed by atoms with E-state index in [1.807, 2.05) is 18.2 Å². The van der Waals surface area contributed by atoms with Gasteiger partial charge >= 0.3 is 0 Å². The Kier molecular flexibility index (Phi) is 7.41. The first-order valence-corrected chi connectivity index (χ1v) is 14.5. The highest BCUT2D eigenvalue weighted by atomic mass is 79.9. The number of piperazine rings is 1. The van der Waals surface area contributed by atoms with Gasteiger partial charge in [0.1, 0.15) is 5.82 Å². The molecule has 196 valence electrons. The molecule has 2 fully saturated rings. The zero-order valence-electron chi connectivity index (χ0n) is 21.3. The van der Waals surface area contributed by atoms with E-state index in [9.17, 15) is 4.79 Å². The van der Waals surface area contributed by atoms with Crippen LogP contribution in [0.5, 0.6) is 0 Å². The first-order chi connectivity index (χ1) is 18.5. The third-order valence-electron chi connectivity index (χ3n) is 7.72. The number of anilines is 1. The summed E-state index contributed by atoms with van der Waals surface area (Å²) in [6, 6.07) is 24.6. The zero-order valence-corrected chi connectivity index (χ0v) is 23.6. The van der Waals surface area contributed by atoms with E-state index in [1.165, 1.54) is 5.69 Å². The van der Waals surface area contributed by atoms with Crippen LogP contribution in [0.4, 0.5) is 5.69 Å². The van der Waals surface area contributed by atoms with Gasteiger partial charge in [0.15, 0.2) is 0 Å². The topological polar surface area (TPSA) is 44.6 Å². The predicted molar refractivity (Wildman–Crippen MR) is 157 cm³/mol. The molecule has 3 heterocycles. The number of hydrogen-bond donors (Lipinski definition) is 0. The van der Waals surface area contributed by atoms with Gasteiger partial charge in [0.2, 0.25) is 5.91 Å². The van der Waals surface area contributed by atoms with E-state index in [1.54, 1.807) is 0 Å². The van der Waals surface area contributed by atoms with Crippen LogP contribution in [-0.4, -0.2) is 64.5 Å². The molecule has 1 atom stereocenters. The van der Waals surface area contributed by atoms with Crippen LogP contribution in [0.3, 0.4) is 0 Å². The Hall–Kier alpha value is -2.87. The number of hydrogen-bond acceptors (Lipinski definition) is 4. The number of amides is 1. The van der Waals surface area contributed by atoms with Crippen molar-refractivity contribution in [1.82, 2.24) is 19.4 Å². The molecule has 38 heavy (non-hydrogen) atoms. The molecule has 0 aliphatic carbocycles. The quantitative estimate of drug-likeness (QED) is 0.285. The van der Waals surface area contributed by atoms with Crippen LogP contribution in [0.2, 0.25) is 5.02 Å². The first kappa shape index (κ1) is 25.4. The Labute approximate surface area is 236 Å². The molecule has 1 aromatic heterocycles. The summed E-state index contributed by atoms with van der Waals surface area (Å²) in [5.74, 6) is 1.35. The van der Waals surface area contributed by atoms with Crippen molar-refractivity contribution in [3.8, 4) is 5.69 Å². The molecule has 2 aliphatic heterocycles. The Morgan fingerprint density at radius 2 is 1.61 bits per heavy atom. The second-order valence-electron chi connectivity index (χ2n) is 10.2. The zero-order chi connectivity index (χ0) is 26.1. The largest absolute Gasteiger partial charge is 0.368 e. The summed E-state index contributed by atoms with van der Waals surface area (Å²) < 4.78 is 3.31. The van der Waals surface area contributed by atoms with Crippen LogP contribution < -0.4 is 4.90 Å². The van der Waals surface area contributed by atoms with Gasteiger partial charge in [-0.1, -0.05) is 39.7 Å². The minimum Gasteiger partial charge on any atom is -0.368 e. The molecule has 2 aliphatic rings. The number of piperidine rings is 1. The van der Waals surface area contributed by atoms with Crippen molar-refractivity contribution in [3.05, 3.63) is 88.1 Å². The third-order valence-corrected chi connectivity index (χ3v) is 8.50. The highest BCUT2D eigenvalue weighted by Gasteiger charge is 2.31. The minimum atomic E-state index is 0.0383. The number of para-hydroxylation sites is 2. The highest BCUT2D eigenvalue weighted by molar-refractivity contribution is 9.10. The van der Waals surface area contributed by atoms with Gasteiger partial charge < -0.3 is 9.80 Å². The molecule has 4 aromatic rings. The Morgan fingerprint density at radius 3 is 2.37 bits per heavy atom. The normalized spacial score (nSPS) is 18.7. The van der Waals surface area contributed by atoms with Gasteiger partial charge in [0.05, 0.1) is 23.5 Å². The van der Waals surface area contributed by atoms with Crippen molar-refractivity contribution in [3.63, 3.8) is 0 Å². The van der Waals surface area contributed by atoms with E-state index in [0.29, 0.717) is 5.91 Å². The number of fused-ring (bicyclic) bond motifs is 1. The summed E-state index contributed by atoms with van der Waals surface area (Å²) in [6.45, 7) is 5.70. The van der Waals surface area contributed by atoms with Crippen LogP contribution in [0.25, 0.3) is 16.7 Å². The Bertz CT molecular complexity index is 1410. The number of halogens is 2. The summed E-state index contributed by atoms with van der Waals surface area (Å²) in [5.41, 5.74) is 4.36. The van der Waals surface area contributed by atoms with Gasteiger partial charge in [-0.15, -0.1) is 0 Å². The lowest BCUT2D eigenvalue weighted by Gasteiger charge is -2.39. The fourth-order valence-electron chi connectivity index (χ4n) is 5.76. The van der Waals surface area contributed by atoms with Crippen LogP contribution in [0.15, 0.2) is 77.3 Å². The standard InChI is InChI=1S/C30H31BrClN5O/c31-23-7-11-26(12-8-23)37-28-6-2-1-5-27(28)33-29(37)21-34-15-3-4-22(20-34)30(38)36-18-16-35(17-19-36)25-13-9-24(32)10-14-25/h1-2,5-14,22H,3-4,15-21H2/t22-/m1/s1. The third kappa shape index (κ3) is 5.33. The van der Waals surface area contributed by atoms with Crippen LogP contribution in [0, 0.1) is 5.92 Å². The number of likely N-dealkylation sites (tertiary alicyclic amines) is 1. The number of benzene rings is 3. The molecule has 0 N–H and O–H groups in total. The summed E-state index contributed by atoms with van der Waals surface area (Å²) in [5, 5.41) is 0.747. The first-order valence-electron chi connectivity index (χ1n) is 13.3. The number of carbonyl (C=O) groups excluding carboxylic acids is 1. The van der Waals surface area contributed by atoms with Gasteiger partial charge in [0, 0.05) is 53.6 Å². The molecule has 6 rings (SSSR count). The summed E-state index contributed by atoms with van der Waals surface area (Å²) in [6.07, 6.45) is 1.98. The maximum absolute atomic E-state index is 13.5. The fraction of sp³-hybridized carbons (Fsp3) is 0.333. The smallest absolute Gasteiger partial charge is 0.227 e. The SMILES string of the molecule is O=C([C@@H]1CCCN(Cc2nc3ccccc3n2-c2ccc(Br)cc2)C1)N1CCN(c2ccc(Cl)cc2)CC1. The van der Waals surface area contributed by atoms with Crippen molar-refractivity contribution < 1.29 is 4.79 Å². The van der Waals surface area contributed by atoms with Gasteiger partial charge in [0.25, 0.3) is 0 Å². The van der Waals surface area contributed by atoms with E-state index in [-0.39, 0.29) is 5.92 Å². The Balaban J connectivity index is 1.14. The van der Waals surface area contributed by atoms with Crippen molar-refractivity contribution in [2.24, 2.45) is 5.92 Å². The maximum atomic E-state index is 13.5. The molecule has 0 bridgehead atoms. The lowest BCUT2D eigenvalue weighted by molar-refractivity contribution is -0.137. The van der Waals surface area contributed by atoms with Gasteiger partial charge in [-0.05, 0) is 80.1 Å². The molecule has 2 saturated heterocycles. The van der Waals surface area contributed by atoms with E-state index in [4.69, 9.17) is 16.6 Å². The average Bonchev–Trinajstić information content (AvgIpc) is 3.31. The number of nitrogens with zero attached hydrogens (tertiary/aromatic N) is 5. The highest BCUT2D eigenvalue weighted by Crippen LogP contribution is 2.27. The molecule has 0 unspecified atom stereocenters. The van der Waals surface area contributed by atoms with Crippen molar-refractivity contribution in [2.45, 2.75) is 19.4 Å². The summed E-state index contributed by atoms with van der Waals surface area (Å²) in [4.78, 5) is 25.4. The average molecular weight is 593 g/mol. The molecule has 0 saturated carbocycles. The summed E-state index contributed by atoms with van der Waals surface area (Å²) in [7, 11) is 0. The molecule has 0 radical (unpaired) electrons. The molecule has 0 spiro atoms. The lowest BCUT2D eigenvalue weighted by Crippen LogP contribution is -2.52. The van der Waals surface area contributed by atoms with Crippen LogP contribution in [0.1, 0.15) is 18.7 Å². The molecule has 1 amide bonds. The number of rotatable bonds is 5. The number of carbonyl (C=O) groups is 1. The second kappa shape index (κ2) is 11.1. The number of imidazole rings is 1. The van der Waals surface area contributed by atoms with Crippen LogP contribution in [-0.2, 0) is 11.3 Å². The molecule has 3 aromatic carbocycles.